The van der Waals surface area contributed by atoms with E-state index in [9.17, 15) is 19.2 Å². The van der Waals surface area contributed by atoms with Gasteiger partial charge in [0.05, 0.1) is 10.8 Å². The second kappa shape index (κ2) is 8.74. The van der Waals surface area contributed by atoms with Gasteiger partial charge in [-0.25, -0.2) is 0 Å². The summed E-state index contributed by atoms with van der Waals surface area (Å²) in [7, 11) is 0. The molecular formula is C33H38N6O4. The van der Waals surface area contributed by atoms with E-state index in [1.165, 1.54) is 0 Å². The summed E-state index contributed by atoms with van der Waals surface area (Å²) in [6.07, 6.45) is 0.252. The normalized spacial score (nSPS) is 36.8. The van der Waals surface area contributed by atoms with E-state index in [0.717, 1.165) is 22.5 Å². The first-order valence-electron chi connectivity index (χ1n) is 15.6. The Labute approximate surface area is 250 Å². The predicted octanol–water partition coefficient (Wildman–Crippen LogP) is 2.27. The van der Waals surface area contributed by atoms with Crippen molar-refractivity contribution in [2.45, 2.75) is 94.3 Å². The molecule has 2 aromatic carbocycles. The third-order valence-electron chi connectivity index (χ3n) is 11.1. The average molecular weight is 583 g/mol. The van der Waals surface area contributed by atoms with Gasteiger partial charge in [0.25, 0.3) is 0 Å². The third kappa shape index (κ3) is 3.14. The Morgan fingerprint density at radius 2 is 1.19 bits per heavy atom. The van der Waals surface area contributed by atoms with Crippen molar-refractivity contribution in [2.75, 3.05) is 10.6 Å². The second-order valence-corrected chi connectivity index (χ2v) is 14.0. The highest BCUT2D eigenvalue weighted by molar-refractivity contribution is 6.01. The molecule has 0 aliphatic carbocycles. The van der Waals surface area contributed by atoms with E-state index in [1.807, 2.05) is 50.2 Å². The molecule has 43 heavy (non-hydrogen) atoms. The lowest BCUT2D eigenvalue weighted by molar-refractivity contribution is -0.150. The Bertz CT molecular complexity index is 1590. The second-order valence-electron chi connectivity index (χ2n) is 14.0. The highest BCUT2D eigenvalue weighted by Gasteiger charge is 2.78. The summed E-state index contributed by atoms with van der Waals surface area (Å²) in [5.41, 5.74) is 2.27. The number of rotatable bonds is 4. The van der Waals surface area contributed by atoms with Crippen LogP contribution < -0.4 is 21.3 Å². The fourth-order valence-corrected chi connectivity index (χ4v) is 9.45. The van der Waals surface area contributed by atoms with Crippen molar-refractivity contribution < 1.29 is 19.2 Å². The lowest BCUT2D eigenvalue weighted by Gasteiger charge is -2.48. The Kier molecular flexibility index (Phi) is 5.39. The summed E-state index contributed by atoms with van der Waals surface area (Å²) in [6, 6.07) is 13.6. The van der Waals surface area contributed by atoms with Crippen LogP contribution in [0, 0.1) is 11.8 Å². The number of fused-ring (bicyclic) bond motifs is 11. The van der Waals surface area contributed by atoms with Crippen LogP contribution in [-0.4, -0.2) is 69.9 Å². The monoisotopic (exact) mass is 582 g/mol. The number of carbonyl (C=O) groups is 4. The maximum atomic E-state index is 14.3. The molecule has 4 saturated heterocycles. The van der Waals surface area contributed by atoms with Gasteiger partial charge in [-0.05, 0) is 54.4 Å². The molecule has 8 atom stereocenters. The zero-order valence-corrected chi connectivity index (χ0v) is 24.9. The van der Waals surface area contributed by atoms with Gasteiger partial charge in [0, 0.05) is 11.4 Å². The van der Waals surface area contributed by atoms with Gasteiger partial charge in [0.1, 0.15) is 36.5 Å². The van der Waals surface area contributed by atoms with Crippen molar-refractivity contribution in [2.24, 2.45) is 11.8 Å². The van der Waals surface area contributed by atoms with Crippen molar-refractivity contribution in [3.8, 4) is 0 Å². The lowest BCUT2D eigenvalue weighted by atomic mass is 9.54. The summed E-state index contributed by atoms with van der Waals surface area (Å²) in [5.74, 6) is -0.321. The molecule has 0 bridgehead atoms. The van der Waals surface area contributed by atoms with Crippen LogP contribution in [0.1, 0.15) is 58.1 Å². The quantitative estimate of drug-likeness (QED) is 0.439. The molecule has 0 spiro atoms. The van der Waals surface area contributed by atoms with Crippen LogP contribution in [0.15, 0.2) is 48.5 Å². The first-order chi connectivity index (χ1) is 20.6. The maximum Gasteiger partial charge on any atom is 0.247 e. The topological polar surface area (TPSA) is 123 Å². The van der Waals surface area contributed by atoms with E-state index in [1.54, 1.807) is 9.80 Å². The van der Waals surface area contributed by atoms with E-state index in [2.05, 4.69) is 47.2 Å². The Morgan fingerprint density at radius 3 is 1.70 bits per heavy atom. The third-order valence-corrected chi connectivity index (χ3v) is 11.1. The summed E-state index contributed by atoms with van der Waals surface area (Å²) >= 11 is 0. The van der Waals surface area contributed by atoms with Gasteiger partial charge in [0.2, 0.25) is 23.6 Å². The molecule has 10 heteroatoms. The smallest absolute Gasteiger partial charge is 0.247 e. The minimum atomic E-state index is -0.803. The standard InChI is InChI=1S/C33H38N6O4/c1-16(2)13-22-28(42)38-23(26(40)34-22)14-32(18-9-5-7-11-20(18)35-30(32)38)33-15-24-27(41)37-25(17(3)4)29(43)39(24)31(33)36-21-12-8-6-10-19(21)33/h5-12,16-17,22-25,30-31,35-36H,13-15H2,1-4H3,(H,34,40)(H,37,41)/t22-,23+,24+,25-,30-,31-,32?,33?/m1/s1. The SMILES string of the molecule is CC(C)C[C@H]1NC(=O)[C@@H]2CC3(C45C[C@H]6C(=O)N[C@H](C(C)C)C(=O)N6[C@H]4Nc4ccccc45)c4ccccc4N[C@@H]3N2C1=O. The van der Waals surface area contributed by atoms with Gasteiger partial charge in [-0.1, -0.05) is 64.1 Å². The van der Waals surface area contributed by atoms with Crippen LogP contribution in [0.25, 0.3) is 0 Å². The van der Waals surface area contributed by atoms with E-state index in [0.29, 0.717) is 19.3 Å². The van der Waals surface area contributed by atoms with E-state index in [-0.39, 0.29) is 35.5 Å². The van der Waals surface area contributed by atoms with Gasteiger partial charge in [-0.2, -0.15) is 0 Å². The van der Waals surface area contributed by atoms with Gasteiger partial charge in [-0.15, -0.1) is 0 Å². The molecule has 4 fully saturated rings. The van der Waals surface area contributed by atoms with E-state index in [4.69, 9.17) is 0 Å². The Balaban J connectivity index is 1.37. The first kappa shape index (κ1) is 26.5. The van der Waals surface area contributed by atoms with Gasteiger partial charge < -0.3 is 31.1 Å². The molecule has 0 radical (unpaired) electrons. The fraction of sp³-hybridized carbons (Fsp3) is 0.515. The molecule has 6 aliphatic rings. The first-order valence-corrected chi connectivity index (χ1v) is 15.6. The predicted molar refractivity (Wildman–Crippen MR) is 160 cm³/mol. The molecule has 6 heterocycles. The number of piperazine rings is 2. The van der Waals surface area contributed by atoms with Crippen molar-refractivity contribution in [3.05, 3.63) is 59.7 Å². The van der Waals surface area contributed by atoms with Crippen molar-refractivity contribution >= 4 is 35.0 Å². The largest absolute Gasteiger partial charge is 0.364 e. The van der Waals surface area contributed by atoms with E-state index < -0.39 is 47.3 Å². The molecule has 8 rings (SSSR count). The number of hydrogen-bond acceptors (Lipinski definition) is 6. The summed E-state index contributed by atoms with van der Waals surface area (Å²) in [4.78, 5) is 59.7. The van der Waals surface area contributed by atoms with Crippen molar-refractivity contribution in [1.29, 1.82) is 0 Å². The minimum absolute atomic E-state index is 0.0735. The molecule has 0 saturated carbocycles. The fourth-order valence-electron chi connectivity index (χ4n) is 9.45. The lowest BCUT2D eigenvalue weighted by Crippen LogP contribution is -2.67. The van der Waals surface area contributed by atoms with E-state index >= 15 is 0 Å². The molecule has 4 N–H and O–H groups in total. The van der Waals surface area contributed by atoms with Crippen LogP contribution >= 0.6 is 0 Å². The molecule has 2 unspecified atom stereocenters. The molecule has 6 aliphatic heterocycles. The van der Waals surface area contributed by atoms with Crippen LogP contribution in [0.3, 0.4) is 0 Å². The zero-order valence-electron chi connectivity index (χ0n) is 24.9. The summed E-state index contributed by atoms with van der Waals surface area (Å²) in [5, 5.41) is 13.5. The summed E-state index contributed by atoms with van der Waals surface area (Å²) in [6.45, 7) is 7.99. The molecule has 10 nitrogen and oxygen atoms in total. The Hall–Kier alpha value is -4.08. The minimum Gasteiger partial charge on any atom is -0.364 e. The average Bonchev–Trinajstić information content (AvgIpc) is 3.67. The number of nitrogens with zero attached hydrogens (tertiary/aromatic N) is 2. The number of para-hydroxylation sites is 2. The molecule has 224 valence electrons. The zero-order chi connectivity index (χ0) is 30.0. The molecule has 0 aromatic heterocycles. The number of amides is 4. The van der Waals surface area contributed by atoms with Gasteiger partial charge in [0.15, 0.2) is 0 Å². The number of nitrogens with one attached hydrogen (secondary N) is 4. The van der Waals surface area contributed by atoms with Crippen LogP contribution in [0.4, 0.5) is 11.4 Å². The van der Waals surface area contributed by atoms with Gasteiger partial charge in [-0.3, -0.25) is 19.2 Å². The number of hydrogen-bond donors (Lipinski definition) is 4. The highest BCUT2D eigenvalue weighted by Crippen LogP contribution is 2.68. The Morgan fingerprint density at radius 1 is 0.698 bits per heavy atom. The highest BCUT2D eigenvalue weighted by atomic mass is 16.2. The van der Waals surface area contributed by atoms with Crippen molar-refractivity contribution in [1.82, 2.24) is 20.4 Å². The number of anilines is 2. The number of carbonyl (C=O) groups excluding carboxylic acids is 4. The number of benzene rings is 2. The molecule has 2 aromatic rings. The molecular weight excluding hydrogens is 544 g/mol. The van der Waals surface area contributed by atoms with Crippen LogP contribution in [0.5, 0.6) is 0 Å². The summed E-state index contributed by atoms with van der Waals surface area (Å²) < 4.78 is 0. The maximum absolute atomic E-state index is 14.3. The van der Waals surface area contributed by atoms with Crippen molar-refractivity contribution in [3.63, 3.8) is 0 Å². The van der Waals surface area contributed by atoms with Gasteiger partial charge >= 0.3 is 0 Å². The molecule has 4 amide bonds. The van der Waals surface area contributed by atoms with Crippen LogP contribution in [0.2, 0.25) is 0 Å². The van der Waals surface area contributed by atoms with Crippen LogP contribution in [-0.2, 0) is 30.0 Å².